The highest BCUT2D eigenvalue weighted by atomic mass is 16.3. The number of benzene rings is 1. The molecule has 0 saturated carbocycles. The van der Waals surface area contributed by atoms with Gasteiger partial charge in [0.25, 0.3) is 0 Å². The van der Waals surface area contributed by atoms with Crippen LogP contribution in [0.1, 0.15) is 24.4 Å². The number of furan rings is 1. The number of hydrogen-bond donors (Lipinski definition) is 2. The maximum atomic E-state index is 12.1. The maximum Gasteiger partial charge on any atom is 0.244 e. The molecule has 1 aliphatic rings. The Balaban J connectivity index is 1.37. The smallest absolute Gasteiger partial charge is 0.244 e. The van der Waals surface area contributed by atoms with Gasteiger partial charge in [0.2, 0.25) is 11.8 Å². The number of carbonyl (C=O) groups is 2. The Morgan fingerprint density at radius 3 is 2.56 bits per heavy atom. The lowest BCUT2D eigenvalue weighted by atomic mass is 10.0. The number of aryl methyl sites for hydroxylation is 1. The number of carbonyl (C=O) groups excluding carboxylic acids is 2. The molecular formula is C21H25N3O3. The zero-order valence-electron chi connectivity index (χ0n) is 15.5. The van der Waals surface area contributed by atoms with Gasteiger partial charge in [-0.25, -0.2) is 0 Å². The Kier molecular flexibility index (Phi) is 6.44. The van der Waals surface area contributed by atoms with Crippen LogP contribution in [0.4, 0.5) is 5.69 Å². The van der Waals surface area contributed by atoms with Gasteiger partial charge >= 0.3 is 0 Å². The van der Waals surface area contributed by atoms with Gasteiger partial charge in [0, 0.05) is 30.9 Å². The number of piperidine rings is 1. The van der Waals surface area contributed by atoms with Gasteiger partial charge in [0.1, 0.15) is 11.5 Å². The third kappa shape index (κ3) is 6.11. The Labute approximate surface area is 159 Å². The van der Waals surface area contributed by atoms with Gasteiger partial charge in [-0.1, -0.05) is 18.2 Å². The average Bonchev–Trinajstić information content (AvgIpc) is 3.08. The van der Waals surface area contributed by atoms with Crippen LogP contribution in [-0.4, -0.2) is 42.4 Å². The van der Waals surface area contributed by atoms with Crippen LogP contribution in [0.5, 0.6) is 0 Å². The van der Waals surface area contributed by atoms with Crippen molar-refractivity contribution in [2.75, 3.05) is 25.0 Å². The molecule has 0 unspecified atom stereocenters. The molecule has 2 heterocycles. The highest BCUT2D eigenvalue weighted by Crippen LogP contribution is 2.12. The predicted octanol–water partition coefficient (Wildman–Crippen LogP) is 2.82. The van der Waals surface area contributed by atoms with E-state index in [4.69, 9.17) is 4.42 Å². The summed E-state index contributed by atoms with van der Waals surface area (Å²) in [4.78, 5) is 26.3. The molecule has 3 rings (SSSR count). The number of nitrogens with one attached hydrogen (secondary N) is 2. The first-order chi connectivity index (χ1) is 13.1. The number of para-hydroxylation sites is 1. The summed E-state index contributed by atoms with van der Waals surface area (Å²) in [7, 11) is 0. The molecule has 1 aliphatic heterocycles. The number of amides is 2. The Bertz CT molecular complexity index is 790. The number of anilines is 1. The summed E-state index contributed by atoms with van der Waals surface area (Å²) in [5.41, 5.74) is 0.809. The summed E-state index contributed by atoms with van der Waals surface area (Å²) < 4.78 is 5.41. The van der Waals surface area contributed by atoms with E-state index in [-0.39, 0.29) is 17.9 Å². The van der Waals surface area contributed by atoms with Crippen LogP contribution in [-0.2, 0) is 9.59 Å². The third-order valence-electron chi connectivity index (χ3n) is 4.52. The first-order valence-electron chi connectivity index (χ1n) is 9.21. The average molecular weight is 367 g/mol. The van der Waals surface area contributed by atoms with E-state index in [0.29, 0.717) is 12.3 Å². The van der Waals surface area contributed by atoms with Crippen LogP contribution in [0.3, 0.4) is 0 Å². The van der Waals surface area contributed by atoms with Crippen LogP contribution in [0.15, 0.2) is 53.0 Å². The Morgan fingerprint density at radius 2 is 1.89 bits per heavy atom. The van der Waals surface area contributed by atoms with Gasteiger partial charge in [-0.2, -0.15) is 0 Å². The number of likely N-dealkylation sites (tertiary alicyclic amines) is 1. The molecule has 0 radical (unpaired) electrons. The van der Waals surface area contributed by atoms with Crippen molar-refractivity contribution in [3.63, 3.8) is 0 Å². The fraction of sp³-hybridized carbons (Fsp3) is 0.333. The number of rotatable bonds is 6. The molecule has 0 aliphatic carbocycles. The summed E-state index contributed by atoms with van der Waals surface area (Å²) in [5, 5.41) is 5.91. The van der Waals surface area contributed by atoms with Crippen molar-refractivity contribution in [1.29, 1.82) is 0 Å². The molecule has 1 aromatic carbocycles. The normalized spacial score (nSPS) is 15.7. The molecule has 27 heavy (non-hydrogen) atoms. The minimum atomic E-state index is -0.121. The minimum Gasteiger partial charge on any atom is -0.462 e. The summed E-state index contributed by atoms with van der Waals surface area (Å²) >= 11 is 0. The van der Waals surface area contributed by atoms with Gasteiger partial charge < -0.3 is 15.1 Å². The predicted molar refractivity (Wildman–Crippen MR) is 105 cm³/mol. The van der Waals surface area contributed by atoms with Crippen molar-refractivity contribution in [2.24, 2.45) is 0 Å². The molecule has 1 saturated heterocycles. The molecule has 1 fully saturated rings. The van der Waals surface area contributed by atoms with E-state index in [2.05, 4.69) is 15.5 Å². The first-order valence-corrected chi connectivity index (χ1v) is 9.21. The summed E-state index contributed by atoms with van der Waals surface area (Å²) in [6, 6.07) is 13.3. The van der Waals surface area contributed by atoms with Crippen LogP contribution >= 0.6 is 0 Å². The zero-order valence-corrected chi connectivity index (χ0v) is 15.5. The van der Waals surface area contributed by atoms with E-state index in [1.165, 1.54) is 6.08 Å². The second kappa shape index (κ2) is 9.19. The highest BCUT2D eigenvalue weighted by molar-refractivity contribution is 5.92. The monoisotopic (exact) mass is 367 g/mol. The third-order valence-corrected chi connectivity index (χ3v) is 4.52. The Morgan fingerprint density at radius 1 is 1.15 bits per heavy atom. The fourth-order valence-corrected chi connectivity index (χ4v) is 3.11. The molecule has 2 aromatic rings. The van der Waals surface area contributed by atoms with Crippen molar-refractivity contribution < 1.29 is 14.0 Å². The van der Waals surface area contributed by atoms with Gasteiger partial charge in [-0.3, -0.25) is 14.5 Å². The van der Waals surface area contributed by atoms with Crippen LogP contribution < -0.4 is 10.6 Å². The van der Waals surface area contributed by atoms with E-state index in [1.807, 2.05) is 49.4 Å². The molecule has 2 N–H and O–H groups in total. The van der Waals surface area contributed by atoms with Crippen molar-refractivity contribution in [1.82, 2.24) is 10.2 Å². The van der Waals surface area contributed by atoms with Crippen molar-refractivity contribution in [3.05, 3.63) is 60.1 Å². The molecule has 0 atom stereocenters. The van der Waals surface area contributed by atoms with E-state index in [9.17, 15) is 9.59 Å². The Hall–Kier alpha value is -2.86. The maximum absolute atomic E-state index is 12.1. The molecule has 142 valence electrons. The van der Waals surface area contributed by atoms with Crippen LogP contribution in [0.25, 0.3) is 6.08 Å². The molecule has 0 bridgehead atoms. The quantitative estimate of drug-likeness (QED) is 0.770. The molecule has 6 heteroatoms. The lowest BCUT2D eigenvalue weighted by Gasteiger charge is -2.31. The molecular weight excluding hydrogens is 342 g/mol. The highest BCUT2D eigenvalue weighted by Gasteiger charge is 2.21. The molecule has 2 amide bonds. The lowest BCUT2D eigenvalue weighted by Crippen LogP contribution is -2.46. The molecule has 1 aromatic heterocycles. The van der Waals surface area contributed by atoms with E-state index >= 15 is 0 Å². The summed E-state index contributed by atoms with van der Waals surface area (Å²) in [6.07, 6.45) is 4.83. The first kappa shape index (κ1) is 18.9. The van der Waals surface area contributed by atoms with Gasteiger partial charge in [-0.05, 0) is 50.1 Å². The molecule has 0 spiro atoms. The van der Waals surface area contributed by atoms with Gasteiger partial charge in [0.15, 0.2) is 0 Å². The largest absolute Gasteiger partial charge is 0.462 e. The van der Waals surface area contributed by atoms with E-state index in [1.54, 1.807) is 6.08 Å². The van der Waals surface area contributed by atoms with Crippen molar-refractivity contribution in [3.8, 4) is 0 Å². The fourth-order valence-electron chi connectivity index (χ4n) is 3.11. The summed E-state index contributed by atoms with van der Waals surface area (Å²) in [5.74, 6) is 1.35. The second-order valence-corrected chi connectivity index (χ2v) is 6.75. The summed E-state index contributed by atoms with van der Waals surface area (Å²) in [6.45, 7) is 3.81. The minimum absolute atomic E-state index is 0.0136. The van der Waals surface area contributed by atoms with E-state index in [0.717, 1.165) is 37.4 Å². The topological polar surface area (TPSA) is 74.6 Å². The SMILES string of the molecule is Cc1ccc(/C=C/C(=O)NC2CCN(CC(=O)Nc3ccccc3)CC2)o1. The zero-order chi connectivity index (χ0) is 19.1. The van der Waals surface area contributed by atoms with Gasteiger partial charge in [-0.15, -0.1) is 0 Å². The van der Waals surface area contributed by atoms with Crippen molar-refractivity contribution in [2.45, 2.75) is 25.8 Å². The lowest BCUT2D eigenvalue weighted by molar-refractivity contribution is -0.119. The standard InChI is InChI=1S/C21H25N3O3/c1-16-7-8-19(27-16)9-10-20(25)22-18-11-13-24(14-12-18)15-21(26)23-17-5-3-2-4-6-17/h2-10,18H,11-15H2,1H3,(H,22,25)(H,23,26)/b10-9+. The van der Waals surface area contributed by atoms with Crippen LogP contribution in [0, 0.1) is 6.92 Å². The van der Waals surface area contributed by atoms with Gasteiger partial charge in [0.05, 0.1) is 6.54 Å². The van der Waals surface area contributed by atoms with E-state index < -0.39 is 0 Å². The number of hydrogen-bond acceptors (Lipinski definition) is 4. The molecule has 6 nitrogen and oxygen atoms in total. The van der Waals surface area contributed by atoms with Crippen molar-refractivity contribution >= 4 is 23.6 Å². The number of nitrogens with zero attached hydrogens (tertiary/aromatic N) is 1. The second-order valence-electron chi connectivity index (χ2n) is 6.75. The van der Waals surface area contributed by atoms with Crippen LogP contribution in [0.2, 0.25) is 0 Å².